The molecule has 0 radical (unpaired) electrons. The van der Waals surface area contributed by atoms with Gasteiger partial charge in [-0.15, -0.1) is 0 Å². The monoisotopic (exact) mass is 512 g/mol. The molecule has 1 aliphatic heterocycles. The lowest BCUT2D eigenvalue weighted by Gasteiger charge is -2.48. The Balaban J connectivity index is 1.78. The average molecular weight is 513 g/mol. The molecule has 190 valence electrons. The van der Waals surface area contributed by atoms with Gasteiger partial charge < -0.3 is 25.7 Å². The second kappa shape index (κ2) is 9.52. The van der Waals surface area contributed by atoms with E-state index in [9.17, 15) is 18.0 Å². The highest BCUT2D eigenvalue weighted by Gasteiger charge is 2.42. The van der Waals surface area contributed by atoms with Crippen LogP contribution in [0.1, 0.15) is 45.7 Å². The van der Waals surface area contributed by atoms with Crippen molar-refractivity contribution in [1.82, 2.24) is 15.3 Å². The summed E-state index contributed by atoms with van der Waals surface area (Å²) < 4.78 is 44.6. The SMILES string of the molecule is CC(C)(C)OC(=O)NC(C)(C)C1CN(c2nc(Cl)nc(Nc3cccc(C(F)(F)F)c3)c2C=N)C1. The van der Waals surface area contributed by atoms with Gasteiger partial charge >= 0.3 is 12.3 Å². The minimum Gasteiger partial charge on any atom is -0.444 e. The number of hydrogen-bond acceptors (Lipinski definition) is 7. The molecule has 0 bridgehead atoms. The number of carbonyl (C=O) groups is 1. The van der Waals surface area contributed by atoms with E-state index in [1.165, 1.54) is 12.1 Å². The quantitative estimate of drug-likeness (QED) is 0.342. The molecule has 1 aliphatic rings. The maximum atomic E-state index is 13.1. The number of halogens is 4. The number of alkyl halides is 3. The van der Waals surface area contributed by atoms with Gasteiger partial charge in [-0.05, 0) is 64.4 Å². The number of nitrogens with zero attached hydrogens (tertiary/aromatic N) is 3. The van der Waals surface area contributed by atoms with Crippen LogP contribution in [0.4, 0.5) is 35.3 Å². The topological polar surface area (TPSA) is 103 Å². The molecule has 0 aliphatic carbocycles. The first kappa shape index (κ1) is 26.5. The zero-order valence-corrected chi connectivity index (χ0v) is 20.8. The Labute approximate surface area is 206 Å². The fourth-order valence-corrected chi connectivity index (χ4v) is 3.75. The number of benzene rings is 1. The van der Waals surface area contributed by atoms with Gasteiger partial charge in [-0.2, -0.15) is 23.1 Å². The van der Waals surface area contributed by atoms with Crippen LogP contribution in [0, 0.1) is 11.3 Å². The first-order valence-corrected chi connectivity index (χ1v) is 11.3. The van der Waals surface area contributed by atoms with Crippen LogP contribution in [0.2, 0.25) is 5.28 Å². The summed E-state index contributed by atoms with van der Waals surface area (Å²) in [5.74, 6) is 0.532. The summed E-state index contributed by atoms with van der Waals surface area (Å²) in [4.78, 5) is 22.4. The van der Waals surface area contributed by atoms with Crippen LogP contribution in [-0.4, -0.2) is 46.5 Å². The molecule has 12 heteroatoms. The van der Waals surface area contributed by atoms with Gasteiger partial charge in [0.15, 0.2) is 0 Å². The van der Waals surface area contributed by atoms with Crippen LogP contribution in [0.5, 0.6) is 0 Å². The summed E-state index contributed by atoms with van der Waals surface area (Å²) in [6.45, 7) is 10.1. The molecule has 8 nitrogen and oxygen atoms in total. The smallest absolute Gasteiger partial charge is 0.416 e. The van der Waals surface area contributed by atoms with Crippen LogP contribution in [0.25, 0.3) is 0 Å². The van der Waals surface area contributed by atoms with Gasteiger partial charge in [0.05, 0.1) is 11.1 Å². The molecule has 35 heavy (non-hydrogen) atoms. The maximum Gasteiger partial charge on any atom is 0.416 e. The predicted octanol–water partition coefficient (Wildman–Crippen LogP) is 5.63. The summed E-state index contributed by atoms with van der Waals surface area (Å²) in [6.07, 6.45) is -3.98. The third-order valence-corrected chi connectivity index (χ3v) is 5.69. The predicted molar refractivity (Wildman–Crippen MR) is 129 cm³/mol. The van der Waals surface area contributed by atoms with E-state index >= 15 is 0 Å². The Morgan fingerprint density at radius 3 is 2.43 bits per heavy atom. The van der Waals surface area contributed by atoms with Gasteiger partial charge in [-0.1, -0.05) is 6.07 Å². The Morgan fingerprint density at radius 1 is 1.20 bits per heavy atom. The van der Waals surface area contributed by atoms with E-state index in [2.05, 4.69) is 20.6 Å². The molecule has 0 atom stereocenters. The normalized spacial score (nSPS) is 14.8. The lowest BCUT2D eigenvalue weighted by atomic mass is 9.81. The molecule has 1 amide bonds. The Kier molecular flexibility index (Phi) is 7.21. The summed E-state index contributed by atoms with van der Waals surface area (Å²) in [5, 5.41) is 13.5. The minimum atomic E-state index is -4.50. The summed E-state index contributed by atoms with van der Waals surface area (Å²) in [7, 11) is 0. The zero-order chi connectivity index (χ0) is 26.2. The fourth-order valence-electron chi connectivity index (χ4n) is 3.59. The number of anilines is 3. The van der Waals surface area contributed by atoms with Crippen LogP contribution in [-0.2, 0) is 10.9 Å². The van der Waals surface area contributed by atoms with Gasteiger partial charge in [0.2, 0.25) is 5.28 Å². The Hall–Kier alpha value is -3.08. The highest BCUT2D eigenvalue weighted by Crippen LogP contribution is 2.36. The van der Waals surface area contributed by atoms with E-state index in [1.807, 2.05) is 18.7 Å². The van der Waals surface area contributed by atoms with E-state index in [-0.39, 0.29) is 28.3 Å². The number of rotatable bonds is 6. The van der Waals surface area contributed by atoms with Gasteiger partial charge in [-0.3, -0.25) is 0 Å². The summed E-state index contributed by atoms with van der Waals surface area (Å²) in [6, 6.07) is 4.66. The second-order valence-corrected chi connectivity index (χ2v) is 10.2. The molecule has 3 N–H and O–H groups in total. The molecule has 1 aromatic heterocycles. The molecule has 2 heterocycles. The average Bonchev–Trinajstić information content (AvgIpc) is 2.64. The molecular formula is C23H28ClF3N6O2. The standard InChI is InChI=1S/C23H28ClF3N6O2/c1-21(2,3)35-20(34)32-22(4,5)14-11-33(12-14)18-16(10-28)17(30-19(24)31-18)29-15-8-6-7-13(9-15)23(25,26)27/h6-10,14,28H,11-12H2,1-5H3,(H,32,34)(H,29,30,31). The van der Waals surface area contributed by atoms with Crippen molar-refractivity contribution in [2.45, 2.75) is 51.9 Å². The molecule has 0 saturated carbocycles. The van der Waals surface area contributed by atoms with Crippen molar-refractivity contribution in [1.29, 1.82) is 5.41 Å². The van der Waals surface area contributed by atoms with E-state index < -0.39 is 29.0 Å². The van der Waals surface area contributed by atoms with Crippen LogP contribution >= 0.6 is 11.6 Å². The highest BCUT2D eigenvalue weighted by molar-refractivity contribution is 6.28. The van der Waals surface area contributed by atoms with E-state index in [0.717, 1.165) is 18.3 Å². The van der Waals surface area contributed by atoms with Crippen molar-refractivity contribution in [2.24, 2.45) is 5.92 Å². The number of ether oxygens (including phenoxy) is 1. The first-order valence-electron chi connectivity index (χ1n) is 10.9. The number of carbonyl (C=O) groups excluding carboxylic acids is 1. The highest BCUT2D eigenvalue weighted by atomic mass is 35.5. The number of alkyl carbamates (subject to hydrolysis) is 1. The Bertz CT molecular complexity index is 1110. The summed E-state index contributed by atoms with van der Waals surface area (Å²) in [5.41, 5.74) is -1.59. The third-order valence-electron chi connectivity index (χ3n) is 5.52. The van der Waals surface area contributed by atoms with Crippen LogP contribution in [0.15, 0.2) is 24.3 Å². The van der Waals surface area contributed by atoms with Crippen molar-refractivity contribution in [2.75, 3.05) is 23.3 Å². The largest absolute Gasteiger partial charge is 0.444 e. The molecule has 0 unspecified atom stereocenters. The fraction of sp³-hybridized carbons (Fsp3) is 0.478. The minimum absolute atomic E-state index is 0.0437. The molecule has 1 saturated heterocycles. The maximum absolute atomic E-state index is 13.1. The number of hydrogen-bond donors (Lipinski definition) is 3. The number of amides is 1. The van der Waals surface area contributed by atoms with Crippen LogP contribution in [0.3, 0.4) is 0 Å². The lowest BCUT2D eigenvalue weighted by Crippen LogP contribution is -2.62. The van der Waals surface area contributed by atoms with E-state index in [0.29, 0.717) is 18.9 Å². The lowest BCUT2D eigenvalue weighted by molar-refractivity contribution is -0.137. The molecule has 3 rings (SSSR count). The van der Waals surface area contributed by atoms with Crippen molar-refractivity contribution < 1.29 is 22.7 Å². The number of nitrogens with one attached hydrogen (secondary N) is 3. The second-order valence-electron chi connectivity index (χ2n) is 9.88. The summed E-state index contributed by atoms with van der Waals surface area (Å²) >= 11 is 6.11. The van der Waals surface area contributed by atoms with Crippen molar-refractivity contribution in [3.05, 3.63) is 40.7 Å². The molecule has 2 aromatic rings. The van der Waals surface area contributed by atoms with Gasteiger partial charge in [0.25, 0.3) is 0 Å². The van der Waals surface area contributed by atoms with Gasteiger partial charge in [0.1, 0.15) is 17.2 Å². The Morgan fingerprint density at radius 2 is 1.86 bits per heavy atom. The zero-order valence-electron chi connectivity index (χ0n) is 20.0. The van der Waals surface area contributed by atoms with Gasteiger partial charge in [0, 0.05) is 36.4 Å². The first-order chi connectivity index (χ1) is 16.1. The molecule has 1 aromatic carbocycles. The van der Waals surface area contributed by atoms with E-state index in [4.69, 9.17) is 21.7 Å². The number of aromatic nitrogens is 2. The van der Waals surface area contributed by atoms with E-state index in [1.54, 1.807) is 20.8 Å². The van der Waals surface area contributed by atoms with Crippen LogP contribution < -0.4 is 15.5 Å². The molecule has 1 fully saturated rings. The van der Waals surface area contributed by atoms with Gasteiger partial charge in [-0.25, -0.2) is 4.79 Å². The van der Waals surface area contributed by atoms with Crippen molar-refractivity contribution >= 4 is 41.2 Å². The van der Waals surface area contributed by atoms with Crippen molar-refractivity contribution in [3.63, 3.8) is 0 Å². The van der Waals surface area contributed by atoms with Crippen molar-refractivity contribution in [3.8, 4) is 0 Å². The molecule has 0 spiro atoms. The third kappa shape index (κ3) is 6.53. The molecular weight excluding hydrogens is 485 g/mol.